The zero-order chi connectivity index (χ0) is 46.3. The van der Waals surface area contributed by atoms with E-state index in [0.29, 0.717) is 11.1 Å². The number of aliphatic hydroxyl groups is 1. The molecule has 0 aromatic heterocycles. The van der Waals surface area contributed by atoms with Crippen LogP contribution in [0.5, 0.6) is 0 Å². The van der Waals surface area contributed by atoms with Gasteiger partial charge in [0, 0.05) is 39.7 Å². The molecule has 4 aromatic rings. The van der Waals surface area contributed by atoms with Gasteiger partial charge in [-0.25, -0.2) is 9.69 Å². The number of ether oxygens (including phenoxy) is 8. The summed E-state index contributed by atoms with van der Waals surface area (Å²) in [6.45, 7) is 2.79. The SMILES string of the molecule is CO[C@H]1O[C@H](CO)[C@@H](OCc2ccccc2)[C@H](OCc2ccccc2)[C@@H]1OCCCC(=O)C(=CC(=O)[C@@H](OC(C)=O)[C@H](OC)C(=O)N1C(=O)OC[C@@H]1c1ccccc1)c1cccc(C)c1. The minimum Gasteiger partial charge on any atom is -0.451 e. The molecule has 0 saturated carbocycles. The van der Waals surface area contributed by atoms with E-state index in [-0.39, 0.29) is 51.4 Å². The van der Waals surface area contributed by atoms with E-state index in [1.807, 2.05) is 73.7 Å². The van der Waals surface area contributed by atoms with E-state index in [1.54, 1.807) is 48.5 Å². The molecule has 6 rings (SSSR count). The van der Waals surface area contributed by atoms with Crippen molar-refractivity contribution in [2.45, 2.75) is 88.9 Å². The largest absolute Gasteiger partial charge is 0.451 e. The number of cyclic esters (lactones) is 1. The average molecular weight is 894 g/mol. The second-order valence-electron chi connectivity index (χ2n) is 15.6. The predicted octanol–water partition coefficient (Wildman–Crippen LogP) is 5.88. The van der Waals surface area contributed by atoms with Gasteiger partial charge in [-0.3, -0.25) is 19.2 Å². The zero-order valence-electron chi connectivity index (χ0n) is 36.8. The number of aryl methyl sites for hydroxylation is 1. The molecule has 0 bridgehead atoms. The first-order chi connectivity index (χ1) is 31.5. The number of hydrogen-bond acceptors (Lipinski definition) is 14. The number of ketones is 2. The van der Waals surface area contributed by atoms with Gasteiger partial charge in [0.05, 0.1) is 19.8 Å². The second-order valence-corrected chi connectivity index (χ2v) is 15.6. The van der Waals surface area contributed by atoms with Crippen molar-refractivity contribution in [1.29, 1.82) is 0 Å². The van der Waals surface area contributed by atoms with Crippen LogP contribution in [0.1, 0.15) is 53.6 Å². The highest BCUT2D eigenvalue weighted by Crippen LogP contribution is 2.32. The van der Waals surface area contributed by atoms with Crippen LogP contribution < -0.4 is 0 Å². The van der Waals surface area contributed by atoms with Gasteiger partial charge in [-0.05, 0) is 41.7 Å². The lowest BCUT2D eigenvalue weighted by molar-refractivity contribution is -0.319. The number of amides is 2. The summed E-state index contributed by atoms with van der Waals surface area (Å²) in [7, 11) is 2.60. The number of benzene rings is 4. The number of aliphatic hydroxyl groups excluding tert-OH is 1. The monoisotopic (exact) mass is 893 g/mol. The van der Waals surface area contributed by atoms with E-state index in [9.17, 15) is 29.1 Å². The Bertz CT molecular complexity index is 2240. The van der Waals surface area contributed by atoms with Crippen LogP contribution in [-0.4, -0.2) is 116 Å². The lowest BCUT2D eigenvalue weighted by atomic mass is 9.94. The standard InChI is InChI=1S/C50H55NO14/c1-32-16-14-23-37(26-32)38(27-41(55)43(64-33(2)53)46(58-3)48(56)51-39(31-63-50(51)57)36-21-12-7-13-22-36)40(54)24-15-25-60-47-45(62-30-35-19-10-6-11-20-35)44(42(28-52)65-49(47)59-4)61-29-34-17-8-5-9-18-34/h5-14,16-23,26-27,39,42-47,49,52H,15,24-25,28-31H2,1-4H3/t39-,42-,43-,44-,45+,46+,47+,49+/m1/s1. The quantitative estimate of drug-likeness (QED) is 0.0561. The summed E-state index contributed by atoms with van der Waals surface area (Å²) in [5.74, 6) is -3.25. The number of hydrogen-bond donors (Lipinski definition) is 1. The van der Waals surface area contributed by atoms with Crippen molar-refractivity contribution in [3.05, 3.63) is 149 Å². The minimum absolute atomic E-state index is 0.0131. The Kier molecular flexibility index (Phi) is 17.8. The van der Waals surface area contributed by atoms with Gasteiger partial charge in [0.1, 0.15) is 37.1 Å². The third-order valence-corrected chi connectivity index (χ3v) is 11.0. The van der Waals surface area contributed by atoms with Crippen LogP contribution in [-0.2, 0) is 70.3 Å². The molecule has 2 aliphatic heterocycles. The van der Waals surface area contributed by atoms with Crippen LogP contribution in [0.15, 0.2) is 121 Å². The Balaban J connectivity index is 1.21. The maximum absolute atomic E-state index is 14.3. The molecule has 0 radical (unpaired) electrons. The van der Waals surface area contributed by atoms with E-state index in [0.717, 1.165) is 41.7 Å². The summed E-state index contributed by atoms with van der Waals surface area (Å²) in [5.41, 5.74) is 3.59. The molecule has 15 nitrogen and oxygen atoms in total. The van der Waals surface area contributed by atoms with Crippen molar-refractivity contribution in [2.24, 2.45) is 0 Å². The van der Waals surface area contributed by atoms with Crippen molar-refractivity contribution >= 4 is 35.1 Å². The lowest BCUT2D eigenvalue weighted by Gasteiger charge is -2.45. The fourth-order valence-electron chi connectivity index (χ4n) is 7.79. The molecule has 344 valence electrons. The third-order valence-electron chi connectivity index (χ3n) is 11.0. The van der Waals surface area contributed by atoms with Crippen molar-refractivity contribution in [1.82, 2.24) is 4.90 Å². The summed E-state index contributed by atoms with van der Waals surface area (Å²) in [6, 6.07) is 33.9. The van der Waals surface area contributed by atoms with Crippen molar-refractivity contribution in [3.63, 3.8) is 0 Å². The van der Waals surface area contributed by atoms with E-state index in [4.69, 9.17) is 37.9 Å². The molecule has 4 aromatic carbocycles. The first kappa shape index (κ1) is 48.5. The number of Topliss-reactive ketones (excluding diaryl/α,β-unsaturated/α-hetero) is 1. The van der Waals surface area contributed by atoms with E-state index >= 15 is 0 Å². The Labute approximate surface area is 378 Å². The molecule has 2 heterocycles. The van der Waals surface area contributed by atoms with E-state index < -0.39 is 78.5 Å². The van der Waals surface area contributed by atoms with E-state index in [2.05, 4.69) is 0 Å². The van der Waals surface area contributed by atoms with Crippen molar-refractivity contribution in [3.8, 4) is 0 Å². The summed E-state index contributed by atoms with van der Waals surface area (Å²) in [4.78, 5) is 68.8. The fourth-order valence-corrected chi connectivity index (χ4v) is 7.79. The molecule has 65 heavy (non-hydrogen) atoms. The molecule has 2 saturated heterocycles. The Morgan fingerprint density at radius 1 is 0.800 bits per heavy atom. The topological polar surface area (TPSA) is 183 Å². The van der Waals surface area contributed by atoms with Gasteiger partial charge >= 0.3 is 12.1 Å². The highest BCUT2D eigenvalue weighted by Gasteiger charge is 2.49. The summed E-state index contributed by atoms with van der Waals surface area (Å²) in [5, 5.41) is 10.4. The fraction of sp³-hybridized carbons (Fsp3) is 0.380. The third kappa shape index (κ3) is 12.7. The molecule has 2 fully saturated rings. The Morgan fingerprint density at radius 3 is 2.02 bits per heavy atom. The second kappa shape index (κ2) is 23.9. The summed E-state index contributed by atoms with van der Waals surface area (Å²) >= 11 is 0. The lowest BCUT2D eigenvalue weighted by Crippen LogP contribution is -2.61. The molecular weight excluding hydrogens is 839 g/mol. The normalized spacial score (nSPS) is 21.9. The first-order valence-corrected chi connectivity index (χ1v) is 21.3. The number of carbonyl (C=O) groups excluding carboxylic acids is 5. The molecule has 0 unspecified atom stereocenters. The van der Waals surface area contributed by atoms with Gasteiger partial charge in [0.25, 0.3) is 5.91 Å². The van der Waals surface area contributed by atoms with Crippen LogP contribution in [0, 0.1) is 6.92 Å². The molecule has 8 atom stereocenters. The van der Waals surface area contributed by atoms with Gasteiger partial charge in [-0.2, -0.15) is 0 Å². The zero-order valence-corrected chi connectivity index (χ0v) is 36.8. The number of methoxy groups -OCH3 is 2. The maximum atomic E-state index is 14.3. The molecular formula is C50H55NO14. The number of nitrogens with zero attached hydrogens (tertiary/aromatic N) is 1. The van der Waals surface area contributed by atoms with Gasteiger partial charge in [-0.15, -0.1) is 0 Å². The molecule has 0 spiro atoms. The van der Waals surface area contributed by atoms with Gasteiger partial charge < -0.3 is 43.0 Å². The van der Waals surface area contributed by atoms with Crippen LogP contribution in [0.25, 0.3) is 5.57 Å². The summed E-state index contributed by atoms with van der Waals surface area (Å²) in [6.07, 6.45) is -7.74. The highest BCUT2D eigenvalue weighted by atomic mass is 16.7. The molecule has 2 amide bonds. The predicted molar refractivity (Wildman–Crippen MR) is 235 cm³/mol. The number of carbonyl (C=O) groups is 5. The number of imide groups is 1. The average Bonchev–Trinajstić information content (AvgIpc) is 3.72. The molecule has 2 aliphatic rings. The first-order valence-electron chi connectivity index (χ1n) is 21.3. The number of esters is 1. The molecule has 15 heteroatoms. The summed E-state index contributed by atoms with van der Waals surface area (Å²) < 4.78 is 47.3. The van der Waals surface area contributed by atoms with Gasteiger partial charge in [0.15, 0.2) is 30.1 Å². The maximum Gasteiger partial charge on any atom is 0.417 e. The molecule has 0 aliphatic carbocycles. The van der Waals surface area contributed by atoms with Crippen molar-refractivity contribution in [2.75, 3.05) is 34.0 Å². The van der Waals surface area contributed by atoms with Gasteiger partial charge in [0.2, 0.25) is 0 Å². The van der Waals surface area contributed by atoms with Crippen LogP contribution in [0.2, 0.25) is 0 Å². The van der Waals surface area contributed by atoms with E-state index in [1.165, 1.54) is 7.11 Å². The number of rotatable bonds is 22. The minimum atomic E-state index is -1.88. The molecule has 1 N–H and O–H groups in total. The highest BCUT2D eigenvalue weighted by molar-refractivity contribution is 6.25. The van der Waals surface area contributed by atoms with Crippen LogP contribution in [0.4, 0.5) is 4.79 Å². The Morgan fingerprint density at radius 2 is 1.43 bits per heavy atom. The Hall–Kier alpha value is -5.91. The van der Waals surface area contributed by atoms with Crippen molar-refractivity contribution < 1.29 is 67.0 Å². The van der Waals surface area contributed by atoms with Gasteiger partial charge in [-0.1, -0.05) is 121 Å². The smallest absolute Gasteiger partial charge is 0.417 e. The van der Waals surface area contributed by atoms with Crippen LogP contribution in [0.3, 0.4) is 0 Å². The number of allylic oxidation sites excluding steroid dienone is 1. The van der Waals surface area contributed by atoms with Crippen LogP contribution >= 0.6 is 0 Å².